The van der Waals surface area contributed by atoms with Gasteiger partial charge in [0.15, 0.2) is 0 Å². The summed E-state index contributed by atoms with van der Waals surface area (Å²) < 4.78 is 52.1. The molecule has 0 saturated heterocycles. The Morgan fingerprint density at radius 1 is 1.09 bits per heavy atom. The van der Waals surface area contributed by atoms with Crippen LogP contribution in [0.25, 0.3) is 0 Å². The molecule has 0 saturated carbocycles. The predicted molar refractivity (Wildman–Crippen MR) is 78.0 cm³/mol. The van der Waals surface area contributed by atoms with E-state index in [1.165, 1.54) is 0 Å². The van der Waals surface area contributed by atoms with Crippen LogP contribution >= 0.6 is 11.6 Å². The summed E-state index contributed by atoms with van der Waals surface area (Å²) in [5.74, 6) is -2.00. The molecular formula is C14H12ClF2NO3S. The first-order chi connectivity index (χ1) is 10.3. The fourth-order valence-electron chi connectivity index (χ4n) is 1.76. The lowest BCUT2D eigenvalue weighted by molar-refractivity contribution is 0.182. The summed E-state index contributed by atoms with van der Waals surface area (Å²) in [5, 5.41) is 10.4. The molecule has 22 heavy (non-hydrogen) atoms. The van der Waals surface area contributed by atoms with Gasteiger partial charge in [0, 0.05) is 17.6 Å². The Hall–Kier alpha value is -1.54. The van der Waals surface area contributed by atoms with Crippen LogP contribution in [0.1, 0.15) is 11.7 Å². The van der Waals surface area contributed by atoms with Crippen LogP contribution in [-0.4, -0.2) is 20.1 Å². The second-order valence-corrected chi connectivity index (χ2v) is 6.73. The fourth-order valence-corrected chi connectivity index (χ4v) is 2.96. The van der Waals surface area contributed by atoms with E-state index in [0.717, 1.165) is 0 Å². The smallest absolute Gasteiger partial charge is 0.240 e. The first-order valence-electron chi connectivity index (χ1n) is 6.17. The molecule has 2 N–H and O–H groups in total. The largest absolute Gasteiger partial charge is 0.387 e. The Morgan fingerprint density at radius 2 is 1.64 bits per heavy atom. The van der Waals surface area contributed by atoms with Crippen LogP contribution in [0.15, 0.2) is 47.4 Å². The zero-order valence-corrected chi connectivity index (χ0v) is 12.7. The van der Waals surface area contributed by atoms with E-state index in [1.54, 1.807) is 24.3 Å². The fraction of sp³-hybridized carbons (Fsp3) is 0.143. The van der Waals surface area contributed by atoms with Gasteiger partial charge in [-0.05, 0) is 29.8 Å². The highest BCUT2D eigenvalue weighted by atomic mass is 35.5. The van der Waals surface area contributed by atoms with E-state index in [-0.39, 0.29) is 6.54 Å². The molecule has 1 unspecified atom stereocenters. The number of sulfonamides is 1. The highest BCUT2D eigenvalue weighted by Gasteiger charge is 2.18. The quantitative estimate of drug-likeness (QED) is 0.873. The van der Waals surface area contributed by atoms with Crippen LogP contribution in [0.3, 0.4) is 0 Å². The average Bonchev–Trinajstić information content (AvgIpc) is 2.44. The maximum absolute atomic E-state index is 13.1. The molecule has 0 bridgehead atoms. The molecule has 4 nitrogen and oxygen atoms in total. The standard InChI is InChI=1S/C14H12ClF2NO3S/c15-10-3-1-9(2-4-10)14(19)8-18-22(20,21)13-6-11(16)5-12(17)7-13/h1-7,14,18-19H,8H2. The van der Waals surface area contributed by atoms with Gasteiger partial charge in [0.1, 0.15) is 11.6 Å². The van der Waals surface area contributed by atoms with Crippen molar-refractivity contribution >= 4 is 21.6 Å². The lowest BCUT2D eigenvalue weighted by atomic mass is 10.1. The minimum Gasteiger partial charge on any atom is -0.387 e. The van der Waals surface area contributed by atoms with Crippen LogP contribution in [-0.2, 0) is 10.0 Å². The van der Waals surface area contributed by atoms with Crippen molar-refractivity contribution in [3.8, 4) is 0 Å². The van der Waals surface area contributed by atoms with Crippen LogP contribution < -0.4 is 4.72 Å². The minimum atomic E-state index is -4.13. The van der Waals surface area contributed by atoms with E-state index in [9.17, 15) is 22.3 Å². The third-order valence-electron chi connectivity index (χ3n) is 2.87. The second-order valence-electron chi connectivity index (χ2n) is 4.52. The van der Waals surface area contributed by atoms with E-state index in [4.69, 9.17) is 11.6 Å². The van der Waals surface area contributed by atoms with Gasteiger partial charge in [0.2, 0.25) is 10.0 Å². The minimum absolute atomic E-state index is 0.345. The molecule has 2 rings (SSSR count). The second kappa shape index (κ2) is 6.70. The maximum Gasteiger partial charge on any atom is 0.240 e. The van der Waals surface area contributed by atoms with Crippen molar-refractivity contribution in [1.82, 2.24) is 4.72 Å². The third-order valence-corrected chi connectivity index (χ3v) is 4.52. The number of benzene rings is 2. The molecule has 8 heteroatoms. The SMILES string of the molecule is O=S(=O)(NCC(O)c1ccc(Cl)cc1)c1cc(F)cc(F)c1. The van der Waals surface area contributed by atoms with Crippen LogP contribution in [0.4, 0.5) is 8.78 Å². The van der Waals surface area contributed by atoms with Gasteiger partial charge in [-0.25, -0.2) is 21.9 Å². The highest BCUT2D eigenvalue weighted by Crippen LogP contribution is 2.17. The zero-order valence-electron chi connectivity index (χ0n) is 11.1. The molecular weight excluding hydrogens is 336 g/mol. The number of hydrogen-bond acceptors (Lipinski definition) is 3. The Balaban J connectivity index is 2.10. The van der Waals surface area contributed by atoms with E-state index in [2.05, 4.69) is 4.72 Å². The predicted octanol–water partition coefficient (Wildman–Crippen LogP) is 2.63. The summed E-state index contributed by atoms with van der Waals surface area (Å²) in [5.41, 5.74) is 0.456. The summed E-state index contributed by atoms with van der Waals surface area (Å²) in [6.45, 7) is -0.345. The number of rotatable bonds is 5. The number of nitrogens with one attached hydrogen (secondary N) is 1. The molecule has 0 aliphatic carbocycles. The number of aliphatic hydroxyl groups is 1. The van der Waals surface area contributed by atoms with Crippen molar-refractivity contribution in [3.63, 3.8) is 0 Å². The lowest BCUT2D eigenvalue weighted by Crippen LogP contribution is -2.28. The van der Waals surface area contributed by atoms with Gasteiger partial charge in [-0.3, -0.25) is 0 Å². The maximum atomic E-state index is 13.1. The Bertz CT molecular complexity index is 746. The summed E-state index contributed by atoms with van der Waals surface area (Å²) >= 11 is 5.71. The molecule has 0 fully saturated rings. The van der Waals surface area contributed by atoms with Gasteiger partial charge in [0.05, 0.1) is 11.0 Å². The normalized spacial score (nSPS) is 13.1. The summed E-state index contributed by atoms with van der Waals surface area (Å²) in [7, 11) is -4.13. The molecule has 0 radical (unpaired) electrons. The highest BCUT2D eigenvalue weighted by molar-refractivity contribution is 7.89. The first kappa shape index (κ1) is 16.8. The van der Waals surface area contributed by atoms with Gasteiger partial charge in [-0.2, -0.15) is 0 Å². The van der Waals surface area contributed by atoms with E-state index in [1.807, 2.05) is 0 Å². The molecule has 0 spiro atoms. The van der Waals surface area contributed by atoms with E-state index >= 15 is 0 Å². The van der Waals surface area contributed by atoms with Crippen molar-refractivity contribution in [2.45, 2.75) is 11.0 Å². The van der Waals surface area contributed by atoms with Crippen molar-refractivity contribution in [1.29, 1.82) is 0 Å². The van der Waals surface area contributed by atoms with Gasteiger partial charge in [0.25, 0.3) is 0 Å². The third kappa shape index (κ3) is 4.23. The van der Waals surface area contributed by atoms with Gasteiger partial charge in [-0.1, -0.05) is 23.7 Å². The Morgan fingerprint density at radius 3 is 2.18 bits per heavy atom. The van der Waals surface area contributed by atoms with Crippen molar-refractivity contribution in [2.75, 3.05) is 6.54 Å². The van der Waals surface area contributed by atoms with Gasteiger partial charge >= 0.3 is 0 Å². The Kier molecular flexibility index (Phi) is 5.12. The molecule has 2 aromatic carbocycles. The summed E-state index contributed by atoms with van der Waals surface area (Å²) in [6.07, 6.45) is -1.12. The Labute approximate surface area is 131 Å². The molecule has 0 heterocycles. The average molecular weight is 348 g/mol. The lowest BCUT2D eigenvalue weighted by Gasteiger charge is -2.13. The van der Waals surface area contributed by atoms with Crippen LogP contribution in [0, 0.1) is 11.6 Å². The van der Waals surface area contributed by atoms with Crippen molar-refractivity contribution in [2.24, 2.45) is 0 Å². The number of halogens is 3. The zero-order chi connectivity index (χ0) is 16.3. The number of hydrogen-bond donors (Lipinski definition) is 2. The van der Waals surface area contributed by atoms with Crippen molar-refractivity contribution < 1.29 is 22.3 Å². The summed E-state index contributed by atoms with van der Waals surface area (Å²) in [6, 6.07) is 8.15. The van der Waals surface area contributed by atoms with Crippen molar-refractivity contribution in [3.05, 3.63) is 64.7 Å². The molecule has 118 valence electrons. The van der Waals surface area contributed by atoms with E-state index < -0.39 is 32.7 Å². The molecule has 0 amide bonds. The van der Waals surface area contributed by atoms with E-state index in [0.29, 0.717) is 28.8 Å². The molecule has 0 aromatic heterocycles. The van der Waals surface area contributed by atoms with Crippen LogP contribution in [0.2, 0.25) is 5.02 Å². The molecule has 0 aliphatic rings. The molecule has 0 aliphatic heterocycles. The molecule has 2 aromatic rings. The topological polar surface area (TPSA) is 66.4 Å². The van der Waals surface area contributed by atoms with Gasteiger partial charge in [-0.15, -0.1) is 0 Å². The molecule has 1 atom stereocenters. The first-order valence-corrected chi connectivity index (χ1v) is 8.03. The monoisotopic (exact) mass is 347 g/mol. The number of aliphatic hydroxyl groups excluding tert-OH is 1. The van der Waals surface area contributed by atoms with Crippen LogP contribution in [0.5, 0.6) is 0 Å². The summed E-state index contributed by atoms with van der Waals surface area (Å²) in [4.78, 5) is -0.548. The van der Waals surface area contributed by atoms with Gasteiger partial charge < -0.3 is 5.11 Å².